The number of aryl methyl sites for hydroxylation is 4. The fraction of sp³-hybridized carbons (Fsp3) is 0.227. The minimum atomic E-state index is -0.218. The van der Waals surface area contributed by atoms with Gasteiger partial charge >= 0.3 is 0 Å². The molecule has 1 aliphatic heterocycles. The molecule has 0 saturated carbocycles. The highest BCUT2D eigenvalue weighted by atomic mass is 16.2. The molecule has 0 atom stereocenters. The zero-order chi connectivity index (χ0) is 19.8. The number of benzene rings is 2. The van der Waals surface area contributed by atoms with Crippen molar-refractivity contribution in [3.63, 3.8) is 0 Å². The third kappa shape index (κ3) is 3.53. The maximum Gasteiger partial charge on any atom is 0.256 e. The van der Waals surface area contributed by atoms with Crippen LogP contribution in [-0.2, 0) is 11.2 Å². The molecule has 6 heteroatoms. The summed E-state index contributed by atoms with van der Waals surface area (Å²) in [5.74, 6) is 0.301. The van der Waals surface area contributed by atoms with E-state index in [-0.39, 0.29) is 11.8 Å². The maximum absolute atomic E-state index is 12.7. The van der Waals surface area contributed by atoms with Crippen LogP contribution in [0.3, 0.4) is 0 Å². The van der Waals surface area contributed by atoms with Crippen LogP contribution in [0.15, 0.2) is 42.5 Å². The molecule has 0 bridgehead atoms. The fourth-order valence-corrected chi connectivity index (χ4v) is 3.58. The van der Waals surface area contributed by atoms with Gasteiger partial charge in [-0.05, 0) is 74.2 Å². The van der Waals surface area contributed by atoms with Crippen molar-refractivity contribution in [2.45, 2.75) is 33.6 Å². The van der Waals surface area contributed by atoms with Gasteiger partial charge in [-0.2, -0.15) is 0 Å². The zero-order valence-corrected chi connectivity index (χ0v) is 16.2. The molecule has 0 fully saturated rings. The van der Waals surface area contributed by atoms with Gasteiger partial charge in [-0.1, -0.05) is 6.07 Å². The van der Waals surface area contributed by atoms with Gasteiger partial charge in [0.1, 0.15) is 0 Å². The number of nitrogens with zero attached hydrogens (tertiary/aromatic N) is 2. The van der Waals surface area contributed by atoms with E-state index >= 15 is 0 Å². The molecule has 0 aliphatic carbocycles. The summed E-state index contributed by atoms with van der Waals surface area (Å²) in [7, 11) is 0. The minimum absolute atomic E-state index is 0.0112. The molecule has 0 spiro atoms. The lowest BCUT2D eigenvalue weighted by atomic mass is 10.00. The normalized spacial score (nSPS) is 13.0. The number of nitrogens with one attached hydrogen (secondary N) is 2. The molecular weight excluding hydrogens is 352 g/mol. The van der Waals surface area contributed by atoms with Crippen LogP contribution >= 0.6 is 0 Å². The minimum Gasteiger partial charge on any atom is -0.326 e. The number of hydrogen-bond donors (Lipinski definition) is 2. The highest BCUT2D eigenvalue weighted by molar-refractivity contribution is 6.04. The molecule has 2 heterocycles. The van der Waals surface area contributed by atoms with Crippen LogP contribution in [0.4, 0.5) is 11.5 Å². The Labute approximate surface area is 163 Å². The van der Waals surface area contributed by atoms with E-state index in [2.05, 4.69) is 47.8 Å². The SMILES string of the molecule is Cc1cc(C)cc(-n2nc(NC(=O)c3ccc4c(c3)CCC(=O)N4)cc2C)c1. The largest absolute Gasteiger partial charge is 0.326 e. The Morgan fingerprint density at radius 2 is 1.79 bits per heavy atom. The molecule has 0 saturated heterocycles. The summed E-state index contributed by atoms with van der Waals surface area (Å²) in [6, 6.07) is 13.4. The quantitative estimate of drug-likeness (QED) is 0.729. The topological polar surface area (TPSA) is 76.0 Å². The Hall–Kier alpha value is -3.41. The fourth-order valence-electron chi connectivity index (χ4n) is 3.58. The molecule has 4 rings (SSSR count). The lowest BCUT2D eigenvalue weighted by Gasteiger charge is -2.17. The number of carbonyl (C=O) groups is 2. The van der Waals surface area contributed by atoms with Crippen molar-refractivity contribution in [3.8, 4) is 5.69 Å². The predicted octanol–water partition coefficient (Wildman–Crippen LogP) is 3.93. The van der Waals surface area contributed by atoms with Crippen molar-refractivity contribution in [2.75, 3.05) is 10.6 Å². The molecule has 2 aromatic carbocycles. The highest BCUT2D eigenvalue weighted by Crippen LogP contribution is 2.24. The van der Waals surface area contributed by atoms with Gasteiger partial charge in [0.2, 0.25) is 5.91 Å². The first kappa shape index (κ1) is 18.0. The standard InChI is InChI=1S/C22H22N4O2/c1-13-8-14(2)10-18(9-13)26-15(3)11-20(25-26)24-22(28)17-4-6-19-16(12-17)5-7-21(27)23-19/h4,6,8-12H,5,7H2,1-3H3,(H,23,27)(H,24,25,28). The van der Waals surface area contributed by atoms with Crippen LogP contribution in [-0.4, -0.2) is 21.6 Å². The van der Waals surface area contributed by atoms with Gasteiger partial charge in [0, 0.05) is 29.4 Å². The predicted molar refractivity (Wildman–Crippen MR) is 109 cm³/mol. The maximum atomic E-state index is 12.7. The average Bonchev–Trinajstić information content (AvgIpc) is 3.00. The van der Waals surface area contributed by atoms with E-state index in [1.165, 1.54) is 0 Å². The van der Waals surface area contributed by atoms with Gasteiger partial charge in [0.15, 0.2) is 5.82 Å². The van der Waals surface area contributed by atoms with Crippen molar-refractivity contribution in [3.05, 3.63) is 70.4 Å². The van der Waals surface area contributed by atoms with Crippen molar-refractivity contribution >= 4 is 23.3 Å². The van der Waals surface area contributed by atoms with E-state index in [1.54, 1.807) is 12.1 Å². The number of rotatable bonds is 3. The first-order chi connectivity index (χ1) is 13.4. The highest BCUT2D eigenvalue weighted by Gasteiger charge is 2.17. The van der Waals surface area contributed by atoms with Gasteiger partial charge in [-0.25, -0.2) is 4.68 Å². The van der Waals surface area contributed by atoms with E-state index in [0.717, 1.165) is 33.8 Å². The Morgan fingerprint density at radius 3 is 2.54 bits per heavy atom. The molecule has 142 valence electrons. The molecule has 28 heavy (non-hydrogen) atoms. The smallest absolute Gasteiger partial charge is 0.256 e. The van der Waals surface area contributed by atoms with Crippen LogP contribution in [0, 0.1) is 20.8 Å². The van der Waals surface area contributed by atoms with Gasteiger partial charge < -0.3 is 10.6 Å². The van der Waals surface area contributed by atoms with Gasteiger partial charge in [-0.15, -0.1) is 5.10 Å². The third-order valence-corrected chi connectivity index (χ3v) is 4.84. The molecule has 2 amide bonds. The molecular formula is C22H22N4O2. The summed E-state index contributed by atoms with van der Waals surface area (Å²) < 4.78 is 1.83. The molecule has 0 unspecified atom stereocenters. The lowest BCUT2D eigenvalue weighted by molar-refractivity contribution is -0.116. The van der Waals surface area contributed by atoms with E-state index in [4.69, 9.17) is 0 Å². The zero-order valence-electron chi connectivity index (χ0n) is 16.2. The molecule has 2 N–H and O–H groups in total. The van der Waals surface area contributed by atoms with Crippen molar-refractivity contribution in [2.24, 2.45) is 0 Å². The van der Waals surface area contributed by atoms with Crippen LogP contribution in [0.2, 0.25) is 0 Å². The van der Waals surface area contributed by atoms with E-state index < -0.39 is 0 Å². The summed E-state index contributed by atoms with van der Waals surface area (Å²) in [5, 5.41) is 10.3. The molecule has 3 aromatic rings. The number of amides is 2. The van der Waals surface area contributed by atoms with Gasteiger partial charge in [0.25, 0.3) is 5.91 Å². The second-order valence-electron chi connectivity index (χ2n) is 7.30. The van der Waals surface area contributed by atoms with Gasteiger partial charge in [0.05, 0.1) is 5.69 Å². The first-order valence-electron chi connectivity index (χ1n) is 9.28. The average molecular weight is 374 g/mol. The van der Waals surface area contributed by atoms with E-state index in [9.17, 15) is 9.59 Å². The molecule has 0 radical (unpaired) electrons. The van der Waals surface area contributed by atoms with E-state index in [1.807, 2.05) is 23.7 Å². The van der Waals surface area contributed by atoms with Crippen molar-refractivity contribution in [1.29, 1.82) is 0 Å². The second-order valence-corrected chi connectivity index (χ2v) is 7.30. The monoisotopic (exact) mass is 374 g/mol. The summed E-state index contributed by atoms with van der Waals surface area (Å²) >= 11 is 0. The lowest BCUT2D eigenvalue weighted by Crippen LogP contribution is -2.20. The summed E-state index contributed by atoms with van der Waals surface area (Å²) in [6.45, 7) is 6.06. The summed E-state index contributed by atoms with van der Waals surface area (Å²) in [4.78, 5) is 24.2. The van der Waals surface area contributed by atoms with Crippen LogP contribution in [0.1, 0.15) is 39.2 Å². The molecule has 1 aromatic heterocycles. The summed E-state index contributed by atoms with van der Waals surface area (Å²) in [5.41, 5.74) is 6.54. The number of carbonyl (C=O) groups excluding carboxylic acids is 2. The van der Waals surface area contributed by atoms with Crippen molar-refractivity contribution in [1.82, 2.24) is 9.78 Å². The number of fused-ring (bicyclic) bond motifs is 1. The van der Waals surface area contributed by atoms with Crippen molar-refractivity contribution < 1.29 is 9.59 Å². The number of aromatic nitrogens is 2. The van der Waals surface area contributed by atoms with Crippen LogP contribution in [0.5, 0.6) is 0 Å². The number of hydrogen-bond acceptors (Lipinski definition) is 3. The Balaban J connectivity index is 1.56. The van der Waals surface area contributed by atoms with E-state index in [0.29, 0.717) is 24.2 Å². The van der Waals surface area contributed by atoms with Crippen LogP contribution in [0.25, 0.3) is 5.69 Å². The molecule has 1 aliphatic rings. The first-order valence-corrected chi connectivity index (χ1v) is 9.28. The third-order valence-electron chi connectivity index (χ3n) is 4.84. The Morgan fingerprint density at radius 1 is 1.04 bits per heavy atom. The Kier molecular flexibility index (Phi) is 4.47. The van der Waals surface area contributed by atoms with Gasteiger partial charge in [-0.3, -0.25) is 9.59 Å². The second kappa shape index (κ2) is 6.96. The molecule has 6 nitrogen and oxygen atoms in total. The Bertz CT molecular complexity index is 1080. The summed E-state index contributed by atoms with van der Waals surface area (Å²) in [6.07, 6.45) is 1.08. The number of anilines is 2. The van der Waals surface area contributed by atoms with Crippen LogP contribution < -0.4 is 10.6 Å².